The standard InChI is InChI=1S/C51H36N2/c1-2-12-33(13-3-1)35-22-25-36(26-23-35)48-32-49(53-50(52-48)39-27-24-34-14-4-5-15-37(34)30-39)38-28-29-43-42-18-8-11-21-46(42)51(47(43)31-38)44-19-9-6-16-40(44)41-17-7-10-20-45(41)51/h1-9,11-19,21-30,32,38H,10,20,31H2. The molecule has 53 heavy (non-hydrogen) atoms. The molecule has 1 heterocycles. The monoisotopic (exact) mass is 676 g/mol. The molecular weight excluding hydrogens is 641 g/mol. The van der Waals surface area contributed by atoms with E-state index in [1.165, 1.54) is 60.9 Å². The molecule has 2 atom stereocenters. The van der Waals surface area contributed by atoms with Crippen LogP contribution in [0.25, 0.3) is 55.7 Å². The minimum absolute atomic E-state index is 0.0976. The van der Waals surface area contributed by atoms with Gasteiger partial charge in [-0.05, 0) is 97.8 Å². The predicted octanol–water partition coefficient (Wildman–Crippen LogP) is 12.5. The molecule has 2 heteroatoms. The minimum Gasteiger partial charge on any atom is -0.232 e. The van der Waals surface area contributed by atoms with Gasteiger partial charge in [0, 0.05) is 17.0 Å². The molecule has 0 radical (unpaired) electrons. The molecular formula is C51H36N2. The molecule has 0 fully saturated rings. The van der Waals surface area contributed by atoms with Crippen LogP contribution in [0.3, 0.4) is 0 Å². The maximum absolute atomic E-state index is 5.42. The number of allylic oxidation sites excluding steroid dienone is 8. The van der Waals surface area contributed by atoms with Crippen LogP contribution in [0.15, 0.2) is 187 Å². The van der Waals surface area contributed by atoms with Crippen LogP contribution in [0, 0.1) is 0 Å². The summed E-state index contributed by atoms with van der Waals surface area (Å²) < 4.78 is 0. The van der Waals surface area contributed by atoms with Crippen LogP contribution in [-0.4, -0.2) is 9.97 Å². The van der Waals surface area contributed by atoms with Crippen LogP contribution in [0.5, 0.6) is 0 Å². The largest absolute Gasteiger partial charge is 0.232 e. The average Bonchev–Trinajstić information content (AvgIpc) is 3.71. The smallest absolute Gasteiger partial charge is 0.160 e. The first-order chi connectivity index (χ1) is 26.3. The van der Waals surface area contributed by atoms with Crippen LogP contribution in [0.2, 0.25) is 0 Å². The van der Waals surface area contributed by atoms with Crippen LogP contribution in [-0.2, 0) is 5.41 Å². The van der Waals surface area contributed by atoms with E-state index in [2.05, 4.69) is 176 Å². The van der Waals surface area contributed by atoms with Crippen molar-refractivity contribution in [3.63, 3.8) is 0 Å². The van der Waals surface area contributed by atoms with Gasteiger partial charge in [0.05, 0.1) is 16.8 Å². The summed E-state index contributed by atoms with van der Waals surface area (Å²) in [6.07, 6.45) is 12.6. The quantitative estimate of drug-likeness (QED) is 0.185. The zero-order valence-electron chi connectivity index (χ0n) is 29.3. The Morgan fingerprint density at radius 1 is 0.509 bits per heavy atom. The third-order valence-electron chi connectivity index (χ3n) is 12.0. The molecule has 11 rings (SSSR count). The van der Waals surface area contributed by atoms with Crippen molar-refractivity contribution in [3.05, 3.63) is 215 Å². The van der Waals surface area contributed by atoms with E-state index in [-0.39, 0.29) is 11.3 Å². The van der Waals surface area contributed by atoms with Gasteiger partial charge in [-0.2, -0.15) is 0 Å². The lowest BCUT2D eigenvalue weighted by Gasteiger charge is -2.37. The van der Waals surface area contributed by atoms with E-state index in [0.29, 0.717) is 0 Å². The molecule has 6 aromatic carbocycles. The summed E-state index contributed by atoms with van der Waals surface area (Å²) in [4.78, 5) is 10.7. The van der Waals surface area contributed by atoms with E-state index in [1.54, 1.807) is 5.57 Å². The second-order valence-corrected chi connectivity index (χ2v) is 14.7. The van der Waals surface area contributed by atoms with Crippen LogP contribution < -0.4 is 0 Å². The fraction of sp³-hybridized carbons (Fsp3) is 0.0980. The van der Waals surface area contributed by atoms with Gasteiger partial charge in [0.1, 0.15) is 0 Å². The van der Waals surface area contributed by atoms with Crippen LogP contribution in [0.4, 0.5) is 0 Å². The molecule has 0 N–H and O–H groups in total. The summed E-state index contributed by atoms with van der Waals surface area (Å²) in [5.41, 5.74) is 17.8. The number of aromatic nitrogens is 2. The molecule has 2 unspecified atom stereocenters. The Morgan fingerprint density at radius 2 is 1.15 bits per heavy atom. The van der Waals surface area contributed by atoms with E-state index < -0.39 is 0 Å². The summed E-state index contributed by atoms with van der Waals surface area (Å²) >= 11 is 0. The summed E-state index contributed by atoms with van der Waals surface area (Å²) in [5.74, 6) is 0.863. The van der Waals surface area contributed by atoms with Crippen molar-refractivity contribution >= 4 is 21.9 Å². The summed E-state index contributed by atoms with van der Waals surface area (Å²) in [5, 5.41) is 2.41. The second-order valence-electron chi connectivity index (χ2n) is 14.7. The molecule has 4 aliphatic carbocycles. The Labute approximate surface area is 310 Å². The van der Waals surface area contributed by atoms with Gasteiger partial charge in [0.15, 0.2) is 5.82 Å². The maximum Gasteiger partial charge on any atom is 0.160 e. The lowest BCUT2D eigenvalue weighted by molar-refractivity contribution is 0.634. The zero-order chi connectivity index (χ0) is 34.9. The molecule has 1 aromatic heterocycles. The second kappa shape index (κ2) is 11.8. The lowest BCUT2D eigenvalue weighted by Crippen LogP contribution is -2.30. The lowest BCUT2D eigenvalue weighted by atomic mass is 9.65. The molecule has 7 aromatic rings. The zero-order valence-corrected chi connectivity index (χ0v) is 29.3. The normalized spacial score (nSPS) is 19.4. The summed E-state index contributed by atoms with van der Waals surface area (Å²) in [6, 6.07) is 55.1. The van der Waals surface area contributed by atoms with Gasteiger partial charge < -0.3 is 0 Å². The third-order valence-corrected chi connectivity index (χ3v) is 12.0. The van der Waals surface area contributed by atoms with Crippen LogP contribution in [0.1, 0.15) is 53.1 Å². The van der Waals surface area contributed by atoms with Gasteiger partial charge in [0.25, 0.3) is 0 Å². The van der Waals surface area contributed by atoms with E-state index in [9.17, 15) is 0 Å². The topological polar surface area (TPSA) is 25.8 Å². The number of rotatable bonds is 4. The SMILES string of the molecule is C1=CC2=C(CC1)C1(C3=C(C=CC(c4cc(-c5ccc(-c6ccccc6)cc5)nc(-c5ccc6ccccc6c5)n4)C3)c3ccccc31)c1ccccc12. The predicted molar refractivity (Wildman–Crippen MR) is 218 cm³/mol. The van der Waals surface area contributed by atoms with E-state index in [4.69, 9.17) is 9.97 Å². The van der Waals surface area contributed by atoms with Crippen molar-refractivity contribution < 1.29 is 0 Å². The van der Waals surface area contributed by atoms with Gasteiger partial charge in [-0.15, -0.1) is 0 Å². The highest BCUT2D eigenvalue weighted by Crippen LogP contribution is 2.65. The number of hydrogen-bond acceptors (Lipinski definition) is 2. The molecule has 0 amide bonds. The van der Waals surface area contributed by atoms with Gasteiger partial charge in [-0.1, -0.05) is 164 Å². The van der Waals surface area contributed by atoms with Crippen molar-refractivity contribution in [2.45, 2.75) is 30.6 Å². The van der Waals surface area contributed by atoms with Crippen molar-refractivity contribution in [2.75, 3.05) is 0 Å². The number of hydrogen-bond donors (Lipinski definition) is 0. The molecule has 0 saturated heterocycles. The van der Waals surface area contributed by atoms with E-state index in [0.717, 1.165) is 47.6 Å². The molecule has 0 bridgehead atoms. The summed E-state index contributed by atoms with van der Waals surface area (Å²) in [6.45, 7) is 0. The molecule has 4 aliphatic rings. The first kappa shape index (κ1) is 30.3. The Kier molecular flexibility index (Phi) is 6.76. The summed E-state index contributed by atoms with van der Waals surface area (Å²) in [7, 11) is 0. The Hall–Kier alpha value is -6.38. The van der Waals surface area contributed by atoms with Crippen molar-refractivity contribution in [3.8, 4) is 33.8 Å². The third kappa shape index (κ3) is 4.58. The van der Waals surface area contributed by atoms with Crippen molar-refractivity contribution in [2.24, 2.45) is 0 Å². The first-order valence-electron chi connectivity index (χ1n) is 18.8. The highest BCUT2D eigenvalue weighted by molar-refractivity contribution is 5.98. The Balaban J connectivity index is 1.06. The highest BCUT2D eigenvalue weighted by Gasteiger charge is 2.54. The van der Waals surface area contributed by atoms with Gasteiger partial charge in [-0.3, -0.25) is 0 Å². The number of benzene rings is 6. The van der Waals surface area contributed by atoms with Crippen molar-refractivity contribution in [1.82, 2.24) is 9.97 Å². The minimum atomic E-state index is -0.254. The maximum atomic E-state index is 5.42. The molecule has 0 aliphatic heterocycles. The van der Waals surface area contributed by atoms with Gasteiger partial charge in [-0.25, -0.2) is 9.97 Å². The first-order valence-corrected chi connectivity index (χ1v) is 18.8. The number of nitrogens with zero attached hydrogens (tertiary/aromatic N) is 2. The van der Waals surface area contributed by atoms with E-state index >= 15 is 0 Å². The Bertz CT molecular complexity index is 2730. The molecule has 1 spiro atoms. The fourth-order valence-corrected chi connectivity index (χ4v) is 9.62. The van der Waals surface area contributed by atoms with Crippen molar-refractivity contribution in [1.29, 1.82) is 0 Å². The van der Waals surface area contributed by atoms with E-state index in [1.807, 2.05) is 0 Å². The van der Waals surface area contributed by atoms with Gasteiger partial charge >= 0.3 is 0 Å². The van der Waals surface area contributed by atoms with Gasteiger partial charge in [0.2, 0.25) is 0 Å². The average molecular weight is 677 g/mol. The number of fused-ring (bicyclic) bond motifs is 9. The fourth-order valence-electron chi connectivity index (χ4n) is 9.62. The van der Waals surface area contributed by atoms with Crippen LogP contribution >= 0.6 is 0 Å². The highest BCUT2D eigenvalue weighted by atomic mass is 14.9. The molecule has 0 saturated carbocycles. The molecule has 2 nitrogen and oxygen atoms in total. The molecule has 250 valence electrons. The Morgan fingerprint density at radius 3 is 1.94 bits per heavy atom.